The summed E-state index contributed by atoms with van der Waals surface area (Å²) in [6.45, 7) is 3.90. The van der Waals surface area contributed by atoms with Gasteiger partial charge in [-0.2, -0.15) is 0 Å². The Kier molecular flexibility index (Phi) is 2.97. The van der Waals surface area contributed by atoms with E-state index in [0.717, 1.165) is 11.1 Å². The molecule has 0 aromatic heterocycles. The first-order chi connectivity index (χ1) is 9.56. The third-order valence-electron chi connectivity index (χ3n) is 3.65. The van der Waals surface area contributed by atoms with Crippen molar-refractivity contribution in [2.75, 3.05) is 0 Å². The van der Waals surface area contributed by atoms with Gasteiger partial charge >= 0.3 is 0 Å². The van der Waals surface area contributed by atoms with Gasteiger partial charge in [0.25, 0.3) is 0 Å². The second kappa shape index (κ2) is 4.67. The molecule has 2 aromatic carbocycles. The molecule has 3 nitrogen and oxygen atoms in total. The lowest BCUT2D eigenvalue weighted by Gasteiger charge is -2.27. The van der Waals surface area contributed by atoms with Crippen LogP contribution in [-0.2, 0) is 0 Å². The molecule has 0 saturated heterocycles. The molecule has 20 heavy (non-hydrogen) atoms. The Morgan fingerprint density at radius 2 is 1.95 bits per heavy atom. The molecule has 0 amide bonds. The minimum absolute atomic E-state index is 0.0667. The molecule has 0 fully saturated rings. The molecule has 1 N–H and O–H groups in total. The lowest BCUT2D eigenvalue weighted by atomic mass is 9.92. The SMILES string of the molecule is Cc1cc(C)c2c(c1)OC(c1ccccc1O)CC2=O. The third kappa shape index (κ3) is 2.05. The maximum absolute atomic E-state index is 12.4. The predicted molar refractivity (Wildman–Crippen MR) is 76.3 cm³/mol. The summed E-state index contributed by atoms with van der Waals surface area (Å²) in [4.78, 5) is 12.4. The van der Waals surface area contributed by atoms with Crippen molar-refractivity contribution in [2.24, 2.45) is 0 Å². The number of rotatable bonds is 1. The molecule has 0 saturated carbocycles. The number of carbonyl (C=O) groups excluding carboxylic acids is 1. The highest BCUT2D eigenvalue weighted by atomic mass is 16.5. The van der Waals surface area contributed by atoms with Gasteiger partial charge in [-0.15, -0.1) is 0 Å². The molecular weight excluding hydrogens is 252 g/mol. The average Bonchev–Trinajstić information content (AvgIpc) is 2.37. The van der Waals surface area contributed by atoms with Gasteiger partial charge in [0, 0.05) is 5.56 Å². The van der Waals surface area contributed by atoms with Gasteiger partial charge in [0.2, 0.25) is 0 Å². The molecule has 1 aliphatic rings. The minimum Gasteiger partial charge on any atom is -0.508 e. The Labute approximate surface area is 117 Å². The largest absolute Gasteiger partial charge is 0.508 e. The number of hydrogen-bond donors (Lipinski definition) is 1. The number of phenols is 1. The number of fused-ring (bicyclic) bond motifs is 1. The van der Waals surface area contributed by atoms with Crippen molar-refractivity contribution in [3.8, 4) is 11.5 Å². The highest BCUT2D eigenvalue weighted by molar-refractivity contribution is 6.01. The average molecular weight is 268 g/mol. The lowest BCUT2D eigenvalue weighted by Crippen LogP contribution is -2.21. The second-order valence-electron chi connectivity index (χ2n) is 5.25. The summed E-state index contributed by atoms with van der Waals surface area (Å²) in [6, 6.07) is 10.9. The molecule has 102 valence electrons. The number of aromatic hydroxyl groups is 1. The smallest absolute Gasteiger partial charge is 0.170 e. The first-order valence-electron chi connectivity index (χ1n) is 6.65. The second-order valence-corrected chi connectivity index (χ2v) is 5.25. The fraction of sp³-hybridized carbons (Fsp3) is 0.235. The number of ether oxygens (including phenoxy) is 1. The lowest BCUT2D eigenvalue weighted by molar-refractivity contribution is 0.0846. The van der Waals surface area contributed by atoms with Crippen molar-refractivity contribution in [1.82, 2.24) is 0 Å². The van der Waals surface area contributed by atoms with Crippen molar-refractivity contribution in [3.63, 3.8) is 0 Å². The third-order valence-corrected chi connectivity index (χ3v) is 3.65. The molecule has 1 atom stereocenters. The molecule has 3 rings (SSSR count). The number of benzene rings is 2. The fourth-order valence-electron chi connectivity index (χ4n) is 2.78. The Morgan fingerprint density at radius 3 is 2.70 bits per heavy atom. The molecule has 3 heteroatoms. The summed E-state index contributed by atoms with van der Waals surface area (Å²) in [6.07, 6.45) is -0.161. The highest BCUT2D eigenvalue weighted by Crippen LogP contribution is 2.39. The van der Waals surface area contributed by atoms with Gasteiger partial charge in [-0.3, -0.25) is 4.79 Å². The van der Waals surface area contributed by atoms with Crippen molar-refractivity contribution in [2.45, 2.75) is 26.4 Å². The van der Waals surface area contributed by atoms with Gasteiger partial charge in [0.1, 0.15) is 17.6 Å². The van der Waals surface area contributed by atoms with Gasteiger partial charge in [-0.1, -0.05) is 24.3 Å². The van der Waals surface area contributed by atoms with E-state index in [1.54, 1.807) is 18.2 Å². The molecule has 0 radical (unpaired) electrons. The summed E-state index contributed by atoms with van der Waals surface area (Å²) in [7, 11) is 0. The molecule has 1 unspecified atom stereocenters. The van der Waals surface area contributed by atoms with Crippen LogP contribution in [0.4, 0.5) is 0 Å². The van der Waals surface area contributed by atoms with Crippen molar-refractivity contribution in [1.29, 1.82) is 0 Å². The number of Topliss-reactive ketones (excluding diaryl/α,β-unsaturated/α-hetero) is 1. The van der Waals surface area contributed by atoms with Crippen LogP contribution in [0.15, 0.2) is 36.4 Å². The zero-order valence-corrected chi connectivity index (χ0v) is 11.5. The van der Waals surface area contributed by atoms with Gasteiger partial charge in [-0.25, -0.2) is 0 Å². The van der Waals surface area contributed by atoms with Gasteiger partial charge in [0.05, 0.1) is 12.0 Å². The van der Waals surface area contributed by atoms with E-state index < -0.39 is 6.10 Å². The van der Waals surface area contributed by atoms with Gasteiger partial charge < -0.3 is 9.84 Å². The zero-order valence-electron chi connectivity index (χ0n) is 11.5. The maximum atomic E-state index is 12.4. The first kappa shape index (κ1) is 12.7. The molecule has 0 spiro atoms. The number of ketones is 1. The first-order valence-corrected chi connectivity index (χ1v) is 6.65. The van der Waals surface area contributed by atoms with Crippen LogP contribution in [0.5, 0.6) is 11.5 Å². The van der Waals surface area contributed by atoms with Crippen molar-refractivity contribution < 1.29 is 14.6 Å². The fourth-order valence-corrected chi connectivity index (χ4v) is 2.78. The topological polar surface area (TPSA) is 46.5 Å². The normalized spacial score (nSPS) is 17.5. The van der Waals surface area contributed by atoms with Gasteiger partial charge in [0.15, 0.2) is 5.78 Å². The predicted octanol–water partition coefficient (Wildman–Crippen LogP) is 3.72. The maximum Gasteiger partial charge on any atom is 0.170 e. The highest BCUT2D eigenvalue weighted by Gasteiger charge is 2.30. The summed E-state index contributed by atoms with van der Waals surface area (Å²) in [5.41, 5.74) is 3.33. The van der Waals surface area contributed by atoms with Crippen LogP contribution in [-0.4, -0.2) is 10.9 Å². The zero-order chi connectivity index (χ0) is 14.3. The van der Waals surface area contributed by atoms with Crippen LogP contribution in [0.25, 0.3) is 0 Å². The monoisotopic (exact) mass is 268 g/mol. The van der Waals surface area contributed by atoms with Crippen molar-refractivity contribution in [3.05, 3.63) is 58.7 Å². The number of aryl methyl sites for hydroxylation is 2. The Bertz CT molecular complexity index is 689. The number of phenolic OH excluding ortho intramolecular Hbond substituents is 1. The van der Waals surface area contributed by atoms with Gasteiger partial charge in [-0.05, 0) is 37.1 Å². The quantitative estimate of drug-likeness (QED) is 0.857. The molecular formula is C17H16O3. The van der Waals surface area contributed by atoms with E-state index in [1.807, 2.05) is 32.0 Å². The van der Waals surface area contributed by atoms with E-state index in [-0.39, 0.29) is 18.0 Å². The van der Waals surface area contributed by atoms with Crippen LogP contribution in [0.2, 0.25) is 0 Å². The molecule has 2 aromatic rings. The Hall–Kier alpha value is -2.29. The van der Waals surface area contributed by atoms with E-state index >= 15 is 0 Å². The molecule has 0 aliphatic carbocycles. The van der Waals surface area contributed by atoms with E-state index in [2.05, 4.69) is 0 Å². The summed E-state index contributed by atoms with van der Waals surface area (Å²) in [5.74, 6) is 0.849. The Morgan fingerprint density at radius 1 is 1.20 bits per heavy atom. The van der Waals surface area contributed by atoms with E-state index in [1.165, 1.54) is 0 Å². The Balaban J connectivity index is 2.05. The van der Waals surface area contributed by atoms with E-state index in [0.29, 0.717) is 16.9 Å². The van der Waals surface area contributed by atoms with Crippen LogP contribution < -0.4 is 4.74 Å². The summed E-state index contributed by atoms with van der Waals surface area (Å²) < 4.78 is 5.95. The van der Waals surface area contributed by atoms with Crippen LogP contribution >= 0.6 is 0 Å². The van der Waals surface area contributed by atoms with Crippen LogP contribution in [0.1, 0.15) is 39.6 Å². The molecule has 0 bridgehead atoms. The van der Waals surface area contributed by atoms with Crippen LogP contribution in [0.3, 0.4) is 0 Å². The number of para-hydroxylation sites is 1. The van der Waals surface area contributed by atoms with Crippen molar-refractivity contribution >= 4 is 5.78 Å². The summed E-state index contributed by atoms with van der Waals surface area (Å²) in [5, 5.41) is 9.91. The minimum atomic E-state index is -0.419. The standard InChI is InChI=1S/C17H16O3/c1-10-7-11(2)17-14(19)9-15(20-16(17)8-10)12-5-3-4-6-13(12)18/h3-8,15,18H,9H2,1-2H3. The summed E-state index contributed by atoms with van der Waals surface area (Å²) >= 11 is 0. The van der Waals surface area contributed by atoms with Crippen LogP contribution in [0, 0.1) is 13.8 Å². The number of carbonyl (C=O) groups is 1. The molecule has 1 aliphatic heterocycles. The van der Waals surface area contributed by atoms with E-state index in [4.69, 9.17) is 4.74 Å². The number of hydrogen-bond acceptors (Lipinski definition) is 3. The van der Waals surface area contributed by atoms with E-state index in [9.17, 15) is 9.90 Å². The molecule has 1 heterocycles.